The summed E-state index contributed by atoms with van der Waals surface area (Å²) in [5.74, 6) is 0. The third-order valence-corrected chi connectivity index (χ3v) is 3.25. The average Bonchev–Trinajstić information content (AvgIpc) is 2.42. The van der Waals surface area contributed by atoms with E-state index in [0.29, 0.717) is 13.0 Å². The van der Waals surface area contributed by atoms with Crippen LogP contribution in [0.25, 0.3) is 0 Å². The number of carbonyl (C=O) groups excluding carboxylic acids is 1. The molecule has 1 N–H and O–H groups in total. The Hall–Kier alpha value is -1.62. The Balaban J connectivity index is 1.77. The standard InChI is InChI=1S/C14H19FN2O2/c1-17-8-7-12(15)13(9-17)16-14(18)19-10-11-5-3-2-4-6-11/h2-6,12-13H,7-10H2,1H3,(H,16,18). The highest BCUT2D eigenvalue weighted by atomic mass is 19.1. The van der Waals surface area contributed by atoms with Crippen molar-refractivity contribution >= 4 is 6.09 Å². The molecule has 2 atom stereocenters. The molecule has 104 valence electrons. The highest BCUT2D eigenvalue weighted by Crippen LogP contribution is 2.13. The zero-order chi connectivity index (χ0) is 13.7. The van der Waals surface area contributed by atoms with Crippen LogP contribution in [-0.4, -0.2) is 43.3 Å². The quantitative estimate of drug-likeness (QED) is 0.909. The molecule has 1 heterocycles. The van der Waals surface area contributed by atoms with Crippen LogP contribution >= 0.6 is 0 Å². The predicted octanol–water partition coefficient (Wildman–Crippen LogP) is 1.96. The predicted molar refractivity (Wildman–Crippen MR) is 70.6 cm³/mol. The maximum Gasteiger partial charge on any atom is 0.407 e. The summed E-state index contributed by atoms with van der Waals surface area (Å²) >= 11 is 0. The van der Waals surface area contributed by atoms with Gasteiger partial charge < -0.3 is 15.0 Å². The highest BCUT2D eigenvalue weighted by Gasteiger charge is 2.29. The summed E-state index contributed by atoms with van der Waals surface area (Å²) in [5, 5.41) is 2.59. The molecule has 0 aromatic heterocycles. The third-order valence-electron chi connectivity index (χ3n) is 3.25. The highest BCUT2D eigenvalue weighted by molar-refractivity contribution is 5.67. The van der Waals surface area contributed by atoms with Crippen molar-refractivity contribution in [3.8, 4) is 0 Å². The number of amides is 1. The summed E-state index contributed by atoms with van der Waals surface area (Å²) in [6, 6.07) is 8.92. The fraction of sp³-hybridized carbons (Fsp3) is 0.500. The molecule has 4 nitrogen and oxygen atoms in total. The minimum absolute atomic E-state index is 0.201. The average molecular weight is 266 g/mol. The lowest BCUT2D eigenvalue weighted by Gasteiger charge is -2.32. The van der Waals surface area contributed by atoms with Crippen molar-refractivity contribution in [3.05, 3.63) is 35.9 Å². The lowest BCUT2D eigenvalue weighted by Crippen LogP contribution is -2.52. The van der Waals surface area contributed by atoms with Crippen LogP contribution in [0, 0.1) is 0 Å². The van der Waals surface area contributed by atoms with Crippen LogP contribution in [0.15, 0.2) is 30.3 Å². The molecule has 1 saturated heterocycles. The Bertz CT molecular complexity index is 413. The van der Waals surface area contributed by atoms with Crippen LogP contribution in [0.3, 0.4) is 0 Å². The number of alkyl halides is 1. The number of carbonyl (C=O) groups is 1. The van der Waals surface area contributed by atoms with Gasteiger partial charge in [0.1, 0.15) is 12.8 Å². The molecule has 1 amide bonds. The van der Waals surface area contributed by atoms with E-state index in [1.165, 1.54) is 0 Å². The Kier molecular flexibility index (Phi) is 4.74. The molecule has 1 fully saturated rings. The zero-order valence-electron chi connectivity index (χ0n) is 11.0. The van der Waals surface area contributed by atoms with Gasteiger partial charge in [-0.25, -0.2) is 9.18 Å². The topological polar surface area (TPSA) is 41.6 Å². The van der Waals surface area contributed by atoms with Crippen LogP contribution in [0.5, 0.6) is 0 Å². The summed E-state index contributed by atoms with van der Waals surface area (Å²) in [6.45, 7) is 1.44. The second-order valence-corrected chi connectivity index (χ2v) is 4.88. The third kappa shape index (κ3) is 4.21. The van der Waals surface area contributed by atoms with Gasteiger partial charge in [0.25, 0.3) is 0 Å². The number of piperidine rings is 1. The molecule has 1 aliphatic rings. The molecular weight excluding hydrogens is 247 g/mol. The van der Waals surface area contributed by atoms with Crippen molar-refractivity contribution in [1.29, 1.82) is 0 Å². The van der Waals surface area contributed by atoms with E-state index in [2.05, 4.69) is 5.32 Å². The van der Waals surface area contributed by atoms with Crippen LogP contribution in [-0.2, 0) is 11.3 Å². The van der Waals surface area contributed by atoms with Gasteiger partial charge in [0.2, 0.25) is 0 Å². The number of nitrogens with one attached hydrogen (secondary N) is 1. The lowest BCUT2D eigenvalue weighted by atomic mass is 10.0. The van der Waals surface area contributed by atoms with Crippen molar-refractivity contribution in [2.75, 3.05) is 20.1 Å². The zero-order valence-corrected chi connectivity index (χ0v) is 11.0. The minimum atomic E-state index is -1.000. The summed E-state index contributed by atoms with van der Waals surface area (Å²) in [7, 11) is 1.91. The van der Waals surface area contributed by atoms with Crippen molar-refractivity contribution in [2.24, 2.45) is 0 Å². The van der Waals surface area contributed by atoms with E-state index in [-0.39, 0.29) is 6.61 Å². The summed E-state index contributed by atoms with van der Waals surface area (Å²) < 4.78 is 18.7. The largest absolute Gasteiger partial charge is 0.445 e. The number of ether oxygens (including phenoxy) is 1. The first kappa shape index (κ1) is 13.8. The van der Waals surface area contributed by atoms with Crippen molar-refractivity contribution in [3.63, 3.8) is 0 Å². The Labute approximate surface area is 112 Å². The smallest absolute Gasteiger partial charge is 0.407 e. The first-order valence-electron chi connectivity index (χ1n) is 6.45. The van der Waals surface area contributed by atoms with E-state index in [1.807, 2.05) is 42.3 Å². The summed E-state index contributed by atoms with van der Waals surface area (Å²) in [6.07, 6.45) is -1.12. The number of alkyl carbamates (subject to hydrolysis) is 1. The van der Waals surface area contributed by atoms with E-state index in [9.17, 15) is 9.18 Å². The van der Waals surface area contributed by atoms with E-state index in [4.69, 9.17) is 4.74 Å². The molecule has 0 bridgehead atoms. The molecule has 2 rings (SSSR count). The van der Waals surface area contributed by atoms with Gasteiger partial charge in [-0.1, -0.05) is 30.3 Å². The summed E-state index contributed by atoms with van der Waals surface area (Å²) in [5.41, 5.74) is 0.912. The molecule has 0 saturated carbocycles. The number of rotatable bonds is 3. The monoisotopic (exact) mass is 266 g/mol. The fourth-order valence-electron chi connectivity index (χ4n) is 2.14. The van der Waals surface area contributed by atoms with Crippen molar-refractivity contribution in [1.82, 2.24) is 10.2 Å². The molecule has 2 unspecified atom stereocenters. The molecule has 5 heteroatoms. The number of halogens is 1. The van der Waals surface area contributed by atoms with Crippen LogP contribution < -0.4 is 5.32 Å². The lowest BCUT2D eigenvalue weighted by molar-refractivity contribution is 0.0998. The van der Waals surface area contributed by atoms with Gasteiger partial charge in [0.05, 0.1) is 6.04 Å². The maximum atomic E-state index is 13.6. The Morgan fingerprint density at radius 1 is 1.47 bits per heavy atom. The number of nitrogens with zero attached hydrogens (tertiary/aromatic N) is 1. The van der Waals surface area contributed by atoms with Gasteiger partial charge in [-0.05, 0) is 19.0 Å². The van der Waals surface area contributed by atoms with Crippen molar-refractivity contribution in [2.45, 2.75) is 25.2 Å². The SMILES string of the molecule is CN1CCC(F)C(NC(=O)OCc2ccccc2)C1. The second kappa shape index (κ2) is 6.52. The Morgan fingerprint density at radius 2 is 2.21 bits per heavy atom. The van der Waals surface area contributed by atoms with Crippen molar-refractivity contribution < 1.29 is 13.9 Å². The molecule has 0 radical (unpaired) electrons. The number of benzene rings is 1. The van der Waals surface area contributed by atoms with Gasteiger partial charge in [0.15, 0.2) is 0 Å². The first-order chi connectivity index (χ1) is 9.15. The molecule has 19 heavy (non-hydrogen) atoms. The molecule has 1 aliphatic heterocycles. The van der Waals surface area contributed by atoms with Gasteiger partial charge >= 0.3 is 6.09 Å². The molecule has 1 aromatic carbocycles. The number of likely N-dealkylation sites (N-methyl/N-ethyl adjacent to an activating group) is 1. The van der Waals surface area contributed by atoms with Crippen LogP contribution in [0.2, 0.25) is 0 Å². The normalized spacial score (nSPS) is 23.9. The molecule has 0 aliphatic carbocycles. The second-order valence-electron chi connectivity index (χ2n) is 4.88. The van der Waals surface area contributed by atoms with E-state index < -0.39 is 18.3 Å². The van der Waals surface area contributed by atoms with Crippen LogP contribution in [0.4, 0.5) is 9.18 Å². The molecular formula is C14H19FN2O2. The van der Waals surface area contributed by atoms with Gasteiger partial charge in [-0.15, -0.1) is 0 Å². The van der Waals surface area contributed by atoms with E-state index >= 15 is 0 Å². The van der Waals surface area contributed by atoms with Gasteiger partial charge in [0, 0.05) is 13.1 Å². The number of likely N-dealkylation sites (tertiary alicyclic amines) is 1. The van der Waals surface area contributed by atoms with E-state index in [1.54, 1.807) is 0 Å². The number of hydrogen-bond acceptors (Lipinski definition) is 3. The number of hydrogen-bond donors (Lipinski definition) is 1. The first-order valence-corrected chi connectivity index (χ1v) is 6.45. The molecule has 0 spiro atoms. The van der Waals surface area contributed by atoms with Gasteiger partial charge in [-0.3, -0.25) is 0 Å². The Morgan fingerprint density at radius 3 is 2.95 bits per heavy atom. The minimum Gasteiger partial charge on any atom is -0.445 e. The fourth-order valence-corrected chi connectivity index (χ4v) is 2.14. The summed E-state index contributed by atoms with van der Waals surface area (Å²) in [4.78, 5) is 13.6. The van der Waals surface area contributed by atoms with Crippen LogP contribution in [0.1, 0.15) is 12.0 Å². The molecule has 1 aromatic rings. The van der Waals surface area contributed by atoms with Gasteiger partial charge in [-0.2, -0.15) is 0 Å². The van der Waals surface area contributed by atoms with E-state index in [0.717, 1.165) is 12.1 Å². The maximum absolute atomic E-state index is 13.6.